The van der Waals surface area contributed by atoms with Crippen LogP contribution in [-0.2, 0) is 4.74 Å². The molecule has 0 aliphatic heterocycles. The summed E-state index contributed by atoms with van der Waals surface area (Å²) in [4.78, 5) is 22.7. The zero-order chi connectivity index (χ0) is 13.8. The molecular formula is C11H11N5O3. The summed E-state index contributed by atoms with van der Waals surface area (Å²) in [5.74, 6) is -0.745. The molecule has 19 heavy (non-hydrogen) atoms. The van der Waals surface area contributed by atoms with E-state index < -0.39 is 5.97 Å². The molecule has 0 saturated carbocycles. The number of nitrogens with zero attached hydrogens (tertiary/aromatic N) is 3. The van der Waals surface area contributed by atoms with Crippen molar-refractivity contribution >= 4 is 23.6 Å². The summed E-state index contributed by atoms with van der Waals surface area (Å²) in [7, 11) is 1.22. The quantitative estimate of drug-likeness (QED) is 0.544. The lowest BCUT2D eigenvalue weighted by Crippen LogP contribution is -2.12. The number of nitrogens with one attached hydrogen (secondary N) is 1. The van der Waals surface area contributed by atoms with Gasteiger partial charge in [-0.3, -0.25) is 0 Å². The molecule has 1 aromatic heterocycles. The molecule has 4 N–H and O–H groups in total. The first-order chi connectivity index (χ1) is 9.08. The Morgan fingerprint density at radius 3 is 2.58 bits per heavy atom. The molecule has 8 nitrogen and oxygen atoms in total. The second kappa shape index (κ2) is 5.17. The maximum Gasteiger partial charge on any atom is 0.376 e. The van der Waals surface area contributed by atoms with Crippen LogP contribution in [0.15, 0.2) is 24.3 Å². The van der Waals surface area contributed by atoms with Gasteiger partial charge in [0.2, 0.25) is 17.7 Å². The van der Waals surface area contributed by atoms with E-state index >= 15 is 0 Å². The lowest BCUT2D eigenvalue weighted by atomic mass is 10.3. The van der Waals surface area contributed by atoms with Crippen molar-refractivity contribution in [1.82, 2.24) is 15.0 Å². The highest BCUT2D eigenvalue weighted by Gasteiger charge is 2.12. The Morgan fingerprint density at radius 2 is 1.95 bits per heavy atom. The maximum absolute atomic E-state index is 11.3. The molecule has 2 rings (SSSR count). The average molecular weight is 261 g/mol. The Labute approximate surface area is 108 Å². The molecule has 0 radical (unpaired) electrons. The van der Waals surface area contributed by atoms with E-state index in [1.807, 2.05) is 0 Å². The Balaban J connectivity index is 2.27. The lowest BCUT2D eigenvalue weighted by Gasteiger charge is -2.06. The van der Waals surface area contributed by atoms with E-state index in [4.69, 9.17) is 10.8 Å². The highest BCUT2D eigenvalue weighted by Crippen LogP contribution is 2.17. The number of nitrogens with two attached hydrogens (primary N) is 1. The van der Waals surface area contributed by atoms with Gasteiger partial charge in [0.05, 0.1) is 7.11 Å². The van der Waals surface area contributed by atoms with Crippen LogP contribution in [0, 0.1) is 0 Å². The minimum absolute atomic E-state index is 0.100. The normalized spacial score (nSPS) is 9.95. The van der Waals surface area contributed by atoms with Crippen molar-refractivity contribution in [1.29, 1.82) is 0 Å². The topological polar surface area (TPSA) is 123 Å². The van der Waals surface area contributed by atoms with E-state index in [9.17, 15) is 4.79 Å². The highest BCUT2D eigenvalue weighted by molar-refractivity contribution is 5.85. The SMILES string of the molecule is COC(=O)c1nc(N)nc(Nc2ccc(O)cc2)n1. The van der Waals surface area contributed by atoms with Crippen molar-refractivity contribution in [3.63, 3.8) is 0 Å². The van der Waals surface area contributed by atoms with E-state index in [1.165, 1.54) is 19.2 Å². The van der Waals surface area contributed by atoms with E-state index in [2.05, 4.69) is 25.0 Å². The van der Waals surface area contributed by atoms with Crippen LogP contribution in [0.1, 0.15) is 10.6 Å². The largest absolute Gasteiger partial charge is 0.508 e. The fourth-order valence-electron chi connectivity index (χ4n) is 1.30. The van der Waals surface area contributed by atoms with E-state index in [0.717, 1.165) is 0 Å². The van der Waals surface area contributed by atoms with Gasteiger partial charge in [-0.2, -0.15) is 15.0 Å². The van der Waals surface area contributed by atoms with Gasteiger partial charge in [0.1, 0.15) is 5.75 Å². The number of phenols is 1. The van der Waals surface area contributed by atoms with E-state index in [0.29, 0.717) is 5.69 Å². The molecule has 8 heteroatoms. The number of methoxy groups -OCH3 is 1. The first-order valence-corrected chi connectivity index (χ1v) is 5.24. The van der Waals surface area contributed by atoms with Gasteiger partial charge in [-0.25, -0.2) is 4.79 Å². The number of hydrogen-bond donors (Lipinski definition) is 3. The Kier molecular flexibility index (Phi) is 3.42. The van der Waals surface area contributed by atoms with Crippen LogP contribution in [0.3, 0.4) is 0 Å². The summed E-state index contributed by atoms with van der Waals surface area (Å²) in [5.41, 5.74) is 6.10. The minimum atomic E-state index is -0.706. The summed E-state index contributed by atoms with van der Waals surface area (Å²) >= 11 is 0. The molecule has 0 spiro atoms. The van der Waals surface area contributed by atoms with Crippen LogP contribution >= 0.6 is 0 Å². The number of benzene rings is 1. The van der Waals surface area contributed by atoms with Crippen LogP contribution < -0.4 is 11.1 Å². The predicted octanol–water partition coefficient (Wildman–Crippen LogP) is 0.690. The van der Waals surface area contributed by atoms with Gasteiger partial charge in [0.15, 0.2) is 0 Å². The van der Waals surface area contributed by atoms with Gasteiger partial charge >= 0.3 is 5.97 Å². The van der Waals surface area contributed by atoms with Crippen LogP contribution in [0.2, 0.25) is 0 Å². The maximum atomic E-state index is 11.3. The van der Waals surface area contributed by atoms with Crippen LogP contribution in [0.4, 0.5) is 17.6 Å². The molecule has 98 valence electrons. The van der Waals surface area contributed by atoms with Gasteiger partial charge in [0, 0.05) is 5.69 Å². The lowest BCUT2D eigenvalue weighted by molar-refractivity contribution is 0.0586. The van der Waals surface area contributed by atoms with E-state index in [1.54, 1.807) is 12.1 Å². The molecule has 2 aromatic rings. The number of esters is 1. The van der Waals surface area contributed by atoms with Crippen LogP contribution in [-0.4, -0.2) is 33.1 Å². The zero-order valence-corrected chi connectivity index (χ0v) is 9.99. The third-order valence-corrected chi connectivity index (χ3v) is 2.14. The van der Waals surface area contributed by atoms with Gasteiger partial charge in [-0.1, -0.05) is 0 Å². The number of aromatic nitrogens is 3. The summed E-state index contributed by atoms with van der Waals surface area (Å²) in [6.45, 7) is 0. The Hall–Kier alpha value is -2.90. The van der Waals surface area contributed by atoms with Crippen molar-refractivity contribution < 1.29 is 14.6 Å². The fourth-order valence-corrected chi connectivity index (χ4v) is 1.30. The number of nitrogen functional groups attached to an aromatic ring is 1. The highest BCUT2D eigenvalue weighted by atomic mass is 16.5. The number of carbonyl (C=O) groups is 1. The Morgan fingerprint density at radius 1 is 1.26 bits per heavy atom. The summed E-state index contributed by atoms with van der Waals surface area (Å²) in [6.07, 6.45) is 0. The minimum Gasteiger partial charge on any atom is -0.508 e. The zero-order valence-electron chi connectivity index (χ0n) is 9.99. The predicted molar refractivity (Wildman–Crippen MR) is 67.0 cm³/mol. The molecular weight excluding hydrogens is 250 g/mol. The van der Waals surface area contributed by atoms with Crippen molar-refractivity contribution in [2.24, 2.45) is 0 Å². The molecule has 0 atom stereocenters. The smallest absolute Gasteiger partial charge is 0.376 e. The monoisotopic (exact) mass is 261 g/mol. The summed E-state index contributed by atoms with van der Waals surface area (Å²) < 4.78 is 4.50. The van der Waals surface area contributed by atoms with Crippen LogP contribution in [0.5, 0.6) is 5.75 Å². The molecule has 0 unspecified atom stereocenters. The number of ether oxygens (including phenoxy) is 1. The Bertz CT molecular complexity index is 600. The summed E-state index contributed by atoms with van der Waals surface area (Å²) in [5, 5.41) is 12.0. The second-order valence-corrected chi connectivity index (χ2v) is 3.50. The molecule has 0 bridgehead atoms. The first-order valence-electron chi connectivity index (χ1n) is 5.24. The number of rotatable bonds is 3. The van der Waals surface area contributed by atoms with Gasteiger partial charge in [-0.15, -0.1) is 0 Å². The standard InChI is InChI=1S/C11H11N5O3/c1-19-9(18)8-14-10(12)16-11(15-8)13-6-2-4-7(17)5-3-6/h2-5,17H,1H3,(H3,12,13,14,15,16). The van der Waals surface area contributed by atoms with Crippen molar-refractivity contribution in [2.75, 3.05) is 18.2 Å². The van der Waals surface area contributed by atoms with Gasteiger partial charge in [0.25, 0.3) is 0 Å². The number of aromatic hydroxyl groups is 1. The summed E-state index contributed by atoms with van der Waals surface area (Å²) in [6, 6.07) is 6.22. The van der Waals surface area contributed by atoms with Crippen molar-refractivity contribution in [3.05, 3.63) is 30.1 Å². The number of carbonyl (C=O) groups excluding carboxylic acids is 1. The fraction of sp³-hybridized carbons (Fsp3) is 0.0909. The molecule has 1 heterocycles. The van der Waals surface area contributed by atoms with Gasteiger partial charge < -0.3 is 20.9 Å². The van der Waals surface area contributed by atoms with Gasteiger partial charge in [-0.05, 0) is 24.3 Å². The van der Waals surface area contributed by atoms with Crippen molar-refractivity contribution in [3.8, 4) is 5.75 Å². The number of anilines is 3. The number of phenolic OH excluding ortho intramolecular Hbond substituents is 1. The molecule has 0 aliphatic rings. The average Bonchev–Trinajstić information content (AvgIpc) is 2.40. The molecule has 0 aliphatic carbocycles. The molecule has 0 amide bonds. The molecule has 0 saturated heterocycles. The molecule has 1 aromatic carbocycles. The first kappa shape index (κ1) is 12.6. The number of hydrogen-bond acceptors (Lipinski definition) is 8. The third kappa shape index (κ3) is 3.06. The van der Waals surface area contributed by atoms with E-state index in [-0.39, 0.29) is 23.5 Å². The van der Waals surface area contributed by atoms with Crippen LogP contribution in [0.25, 0.3) is 0 Å². The molecule has 0 fully saturated rings. The second-order valence-electron chi connectivity index (χ2n) is 3.50. The van der Waals surface area contributed by atoms with Crippen molar-refractivity contribution in [2.45, 2.75) is 0 Å². The third-order valence-electron chi connectivity index (χ3n) is 2.14.